The Morgan fingerprint density at radius 3 is 2.96 bits per heavy atom. The molecule has 0 radical (unpaired) electrons. The highest BCUT2D eigenvalue weighted by Gasteiger charge is 2.44. The molecule has 2 rings (SSSR count). The number of alkyl carbamates (subject to hydrolysis) is 1. The lowest BCUT2D eigenvalue weighted by Crippen LogP contribution is -2.45. The second-order valence-electron chi connectivity index (χ2n) is 6.47. The first-order valence-corrected chi connectivity index (χ1v) is 9.80. The first-order valence-electron chi connectivity index (χ1n) is 8.81. The summed E-state index contributed by atoms with van der Waals surface area (Å²) in [6.45, 7) is 4.67. The van der Waals surface area contributed by atoms with E-state index >= 15 is 0 Å². The van der Waals surface area contributed by atoms with Crippen molar-refractivity contribution in [2.24, 2.45) is 16.5 Å². The molecule has 152 valence electrons. The van der Waals surface area contributed by atoms with Gasteiger partial charge in [-0.05, 0) is 32.1 Å². The molecule has 1 aromatic heterocycles. The van der Waals surface area contributed by atoms with Gasteiger partial charge in [-0.2, -0.15) is 0 Å². The number of nitrogens with zero attached hydrogens (tertiary/aromatic N) is 3. The van der Waals surface area contributed by atoms with E-state index in [1.165, 1.54) is 6.08 Å². The summed E-state index contributed by atoms with van der Waals surface area (Å²) in [4.78, 5) is 34.0. The molecule has 10 heteroatoms. The topological polar surface area (TPSA) is 136 Å². The molecular formula is C18H26N6O3S. The number of carbonyl (C=O) groups excluding carboxylic acids is 2. The summed E-state index contributed by atoms with van der Waals surface area (Å²) in [6.07, 6.45) is 4.34. The van der Waals surface area contributed by atoms with Crippen LogP contribution in [0.2, 0.25) is 0 Å². The van der Waals surface area contributed by atoms with Gasteiger partial charge >= 0.3 is 6.09 Å². The van der Waals surface area contributed by atoms with Gasteiger partial charge in [-0.1, -0.05) is 6.07 Å². The molecule has 2 amide bonds. The third kappa shape index (κ3) is 6.15. The molecule has 1 fully saturated rings. The van der Waals surface area contributed by atoms with Gasteiger partial charge in [-0.25, -0.2) is 4.79 Å². The molecule has 0 unspecified atom stereocenters. The van der Waals surface area contributed by atoms with Crippen molar-refractivity contribution in [3.63, 3.8) is 0 Å². The van der Waals surface area contributed by atoms with Crippen LogP contribution in [0.3, 0.4) is 0 Å². The molecule has 5 N–H and O–H groups in total. The highest BCUT2D eigenvalue weighted by Crippen LogP contribution is 2.39. The summed E-state index contributed by atoms with van der Waals surface area (Å²) in [5, 5.41) is 2.58. The molecule has 0 spiro atoms. The molecule has 28 heavy (non-hydrogen) atoms. The number of hydrogen-bond acceptors (Lipinski definition) is 6. The van der Waals surface area contributed by atoms with Crippen LogP contribution in [0.5, 0.6) is 0 Å². The zero-order valence-corrected chi connectivity index (χ0v) is 16.8. The Balaban J connectivity index is 1.83. The number of pyridine rings is 1. The van der Waals surface area contributed by atoms with Crippen molar-refractivity contribution < 1.29 is 14.3 Å². The van der Waals surface area contributed by atoms with Crippen LogP contribution in [-0.2, 0) is 9.53 Å². The first kappa shape index (κ1) is 21.5. The lowest BCUT2D eigenvalue weighted by molar-refractivity contribution is -0.126. The maximum atomic E-state index is 12.5. The molecule has 0 aromatic carbocycles. The Kier molecular flexibility index (Phi) is 7.68. The SMILES string of the molecule is C[C@@H]1N(C(=O)/C=C/c2ccccn2)CS[C@@]1(C)COC(=O)NCCN=C(N)N. The average molecular weight is 407 g/mol. The largest absolute Gasteiger partial charge is 0.448 e. The van der Waals surface area contributed by atoms with Gasteiger partial charge in [0.25, 0.3) is 0 Å². The van der Waals surface area contributed by atoms with Crippen LogP contribution >= 0.6 is 11.8 Å². The molecule has 1 aliphatic rings. The summed E-state index contributed by atoms with van der Waals surface area (Å²) in [5.41, 5.74) is 11.2. The Hall–Kier alpha value is -2.75. The number of hydrogen-bond donors (Lipinski definition) is 3. The van der Waals surface area contributed by atoms with E-state index in [2.05, 4.69) is 15.3 Å². The van der Waals surface area contributed by atoms with E-state index in [0.29, 0.717) is 5.88 Å². The zero-order valence-electron chi connectivity index (χ0n) is 16.0. The van der Waals surface area contributed by atoms with Crippen molar-refractivity contribution in [1.82, 2.24) is 15.2 Å². The number of thioether (sulfide) groups is 1. The molecule has 1 aromatic rings. The maximum Gasteiger partial charge on any atom is 0.407 e. The minimum Gasteiger partial charge on any atom is -0.448 e. The van der Waals surface area contributed by atoms with E-state index in [4.69, 9.17) is 16.2 Å². The van der Waals surface area contributed by atoms with Crippen LogP contribution in [0.1, 0.15) is 19.5 Å². The van der Waals surface area contributed by atoms with E-state index in [1.807, 2.05) is 32.0 Å². The van der Waals surface area contributed by atoms with Crippen molar-refractivity contribution in [1.29, 1.82) is 0 Å². The fraction of sp³-hybridized carbons (Fsp3) is 0.444. The number of ether oxygens (including phenoxy) is 1. The predicted octanol–water partition coefficient (Wildman–Crippen LogP) is 0.775. The van der Waals surface area contributed by atoms with Crippen LogP contribution in [0.15, 0.2) is 35.5 Å². The first-order chi connectivity index (χ1) is 13.3. The van der Waals surface area contributed by atoms with Crippen molar-refractivity contribution in [3.05, 3.63) is 36.2 Å². The van der Waals surface area contributed by atoms with E-state index in [-0.39, 0.29) is 37.6 Å². The number of aromatic nitrogens is 1. The average Bonchev–Trinajstić information content (AvgIpc) is 2.98. The number of aliphatic imine (C=N–C) groups is 1. The van der Waals surface area contributed by atoms with Crippen molar-refractivity contribution in [2.75, 3.05) is 25.6 Å². The van der Waals surface area contributed by atoms with Crippen LogP contribution in [0.4, 0.5) is 4.79 Å². The Morgan fingerprint density at radius 1 is 1.50 bits per heavy atom. The van der Waals surface area contributed by atoms with E-state index in [1.54, 1.807) is 28.9 Å². The molecule has 9 nitrogen and oxygen atoms in total. The number of amides is 2. The second kappa shape index (κ2) is 9.98. The molecule has 1 saturated heterocycles. The lowest BCUT2D eigenvalue weighted by Gasteiger charge is -2.30. The normalized spacial score (nSPS) is 21.5. The molecule has 1 aliphatic heterocycles. The lowest BCUT2D eigenvalue weighted by atomic mass is 10.0. The van der Waals surface area contributed by atoms with Gasteiger partial charge in [0.2, 0.25) is 5.91 Å². The summed E-state index contributed by atoms with van der Waals surface area (Å²) >= 11 is 1.58. The van der Waals surface area contributed by atoms with Crippen molar-refractivity contribution in [2.45, 2.75) is 24.6 Å². The third-order valence-corrected chi connectivity index (χ3v) is 5.94. The molecule has 0 saturated carbocycles. The summed E-state index contributed by atoms with van der Waals surface area (Å²) in [7, 11) is 0. The van der Waals surface area contributed by atoms with Crippen LogP contribution in [-0.4, -0.2) is 64.2 Å². The van der Waals surface area contributed by atoms with Crippen LogP contribution in [0, 0.1) is 0 Å². The Morgan fingerprint density at radius 2 is 2.29 bits per heavy atom. The minimum absolute atomic E-state index is 0.0271. The van der Waals surface area contributed by atoms with Crippen molar-refractivity contribution >= 4 is 35.8 Å². The second-order valence-corrected chi connectivity index (χ2v) is 7.95. The fourth-order valence-corrected chi connectivity index (χ4v) is 3.82. The predicted molar refractivity (Wildman–Crippen MR) is 110 cm³/mol. The van der Waals surface area contributed by atoms with Gasteiger partial charge in [0.15, 0.2) is 5.96 Å². The van der Waals surface area contributed by atoms with E-state index in [0.717, 1.165) is 5.69 Å². The minimum atomic E-state index is -0.542. The number of guanidine groups is 1. The third-order valence-electron chi connectivity index (χ3n) is 4.42. The standard InChI is InChI=1S/C18H26N6O3S/c1-13-18(2,11-27-17(26)23-10-9-22-16(19)20)28-12-24(13)15(25)7-6-14-5-3-4-8-21-14/h3-8,13H,9-12H2,1-2H3,(H,23,26)(H4,19,20,22)/b7-6+/t13-,18-/m0/s1. The van der Waals surface area contributed by atoms with Gasteiger partial charge in [0.05, 0.1) is 22.9 Å². The number of rotatable bonds is 7. The van der Waals surface area contributed by atoms with Gasteiger partial charge in [0.1, 0.15) is 6.61 Å². The molecular weight excluding hydrogens is 380 g/mol. The van der Waals surface area contributed by atoms with Crippen molar-refractivity contribution in [3.8, 4) is 0 Å². The zero-order chi connectivity index (χ0) is 20.6. The van der Waals surface area contributed by atoms with Gasteiger partial charge < -0.3 is 26.4 Å². The quantitative estimate of drug-likeness (QED) is 0.263. The summed E-state index contributed by atoms with van der Waals surface area (Å²) in [6, 6.07) is 5.41. The summed E-state index contributed by atoms with van der Waals surface area (Å²) in [5.74, 6) is 0.398. The Labute approximate surface area is 168 Å². The smallest absolute Gasteiger partial charge is 0.407 e. The van der Waals surface area contributed by atoms with Crippen LogP contribution < -0.4 is 16.8 Å². The number of carbonyl (C=O) groups is 2. The number of nitrogens with one attached hydrogen (secondary N) is 1. The van der Waals surface area contributed by atoms with Gasteiger partial charge in [-0.15, -0.1) is 11.8 Å². The fourth-order valence-electron chi connectivity index (χ4n) is 2.53. The Bertz CT molecular complexity index is 738. The molecule has 2 atom stereocenters. The van der Waals surface area contributed by atoms with Gasteiger partial charge in [-0.3, -0.25) is 14.8 Å². The van der Waals surface area contributed by atoms with Gasteiger partial charge in [0, 0.05) is 24.9 Å². The maximum absolute atomic E-state index is 12.5. The summed E-state index contributed by atoms with van der Waals surface area (Å²) < 4.78 is 4.92. The molecule has 0 bridgehead atoms. The highest BCUT2D eigenvalue weighted by molar-refractivity contribution is 8.00. The monoisotopic (exact) mass is 406 g/mol. The molecule has 2 heterocycles. The van der Waals surface area contributed by atoms with E-state index < -0.39 is 10.8 Å². The van der Waals surface area contributed by atoms with E-state index in [9.17, 15) is 9.59 Å². The van der Waals surface area contributed by atoms with Crippen LogP contribution in [0.25, 0.3) is 6.08 Å². The molecule has 0 aliphatic carbocycles. The number of nitrogens with two attached hydrogens (primary N) is 2. The highest BCUT2D eigenvalue weighted by atomic mass is 32.2.